The van der Waals surface area contributed by atoms with Gasteiger partial charge in [0.25, 0.3) is 5.91 Å². The van der Waals surface area contributed by atoms with E-state index < -0.39 is 0 Å². The lowest BCUT2D eigenvalue weighted by Crippen LogP contribution is -2.18. The molecular formula is C16H17N3O3. The van der Waals surface area contributed by atoms with E-state index in [4.69, 9.17) is 0 Å². The SMILES string of the molecule is CN(C)c1cccc(C(=O)N/N=C/c2ccc(O)c(O)c2)c1. The molecule has 0 aromatic heterocycles. The van der Waals surface area contributed by atoms with Gasteiger partial charge in [-0.1, -0.05) is 6.07 Å². The molecule has 0 heterocycles. The second-order valence-electron chi connectivity index (χ2n) is 4.89. The number of carbonyl (C=O) groups excluding carboxylic acids is 1. The minimum absolute atomic E-state index is 0.207. The first-order valence-electron chi connectivity index (χ1n) is 6.60. The fourth-order valence-corrected chi connectivity index (χ4v) is 1.78. The molecule has 3 N–H and O–H groups in total. The van der Waals surface area contributed by atoms with Crippen LogP contribution in [0.5, 0.6) is 11.5 Å². The number of nitrogens with one attached hydrogen (secondary N) is 1. The van der Waals surface area contributed by atoms with Crippen LogP contribution in [0.2, 0.25) is 0 Å². The van der Waals surface area contributed by atoms with E-state index in [9.17, 15) is 15.0 Å². The molecule has 0 bridgehead atoms. The normalized spacial score (nSPS) is 10.6. The van der Waals surface area contributed by atoms with Gasteiger partial charge in [0.05, 0.1) is 6.21 Å². The van der Waals surface area contributed by atoms with Gasteiger partial charge >= 0.3 is 0 Å². The van der Waals surface area contributed by atoms with Gasteiger partial charge in [-0.2, -0.15) is 5.10 Å². The van der Waals surface area contributed by atoms with Crippen LogP contribution in [-0.2, 0) is 0 Å². The number of benzene rings is 2. The van der Waals surface area contributed by atoms with Crippen LogP contribution in [0.25, 0.3) is 0 Å². The Balaban J connectivity index is 2.04. The van der Waals surface area contributed by atoms with E-state index in [1.807, 2.05) is 25.1 Å². The maximum absolute atomic E-state index is 12.0. The summed E-state index contributed by atoms with van der Waals surface area (Å²) in [5.41, 5.74) is 4.38. The minimum Gasteiger partial charge on any atom is -0.504 e. The predicted octanol–water partition coefficient (Wildman–Crippen LogP) is 1.93. The first kappa shape index (κ1) is 15.4. The third kappa shape index (κ3) is 3.76. The molecule has 2 rings (SSSR count). The Morgan fingerprint density at radius 3 is 2.59 bits per heavy atom. The maximum atomic E-state index is 12.0. The Kier molecular flexibility index (Phi) is 4.63. The van der Waals surface area contributed by atoms with E-state index in [0.717, 1.165) is 5.69 Å². The highest BCUT2D eigenvalue weighted by Crippen LogP contribution is 2.23. The summed E-state index contributed by atoms with van der Waals surface area (Å²) in [6.07, 6.45) is 1.38. The molecule has 0 radical (unpaired) electrons. The van der Waals surface area contributed by atoms with Crippen LogP contribution in [0.3, 0.4) is 0 Å². The topological polar surface area (TPSA) is 85.2 Å². The molecule has 6 heteroatoms. The summed E-state index contributed by atoms with van der Waals surface area (Å²) < 4.78 is 0. The monoisotopic (exact) mass is 299 g/mol. The first-order chi connectivity index (χ1) is 10.5. The molecule has 0 saturated carbocycles. The summed E-state index contributed by atoms with van der Waals surface area (Å²) in [6.45, 7) is 0. The summed E-state index contributed by atoms with van der Waals surface area (Å²) in [5, 5.41) is 22.4. The third-order valence-electron chi connectivity index (χ3n) is 3.00. The number of carbonyl (C=O) groups is 1. The van der Waals surface area contributed by atoms with E-state index in [-0.39, 0.29) is 17.4 Å². The lowest BCUT2D eigenvalue weighted by atomic mass is 10.2. The van der Waals surface area contributed by atoms with Crippen LogP contribution < -0.4 is 10.3 Å². The molecule has 0 atom stereocenters. The summed E-state index contributed by atoms with van der Waals surface area (Å²) in [7, 11) is 3.79. The molecule has 0 unspecified atom stereocenters. The van der Waals surface area contributed by atoms with Gasteiger partial charge in [-0.3, -0.25) is 4.79 Å². The quantitative estimate of drug-likeness (QED) is 0.457. The van der Waals surface area contributed by atoms with Crippen LogP contribution >= 0.6 is 0 Å². The molecule has 0 spiro atoms. The van der Waals surface area contributed by atoms with Gasteiger partial charge in [-0.25, -0.2) is 5.43 Å². The summed E-state index contributed by atoms with van der Waals surface area (Å²) in [6, 6.07) is 11.4. The third-order valence-corrected chi connectivity index (χ3v) is 3.00. The molecule has 114 valence electrons. The van der Waals surface area contributed by atoms with Crippen molar-refractivity contribution in [3.63, 3.8) is 0 Å². The molecule has 0 aliphatic carbocycles. The molecular weight excluding hydrogens is 282 g/mol. The van der Waals surface area contributed by atoms with Gasteiger partial charge in [0.1, 0.15) is 0 Å². The van der Waals surface area contributed by atoms with Crippen molar-refractivity contribution < 1.29 is 15.0 Å². The van der Waals surface area contributed by atoms with Gasteiger partial charge in [-0.15, -0.1) is 0 Å². The highest BCUT2D eigenvalue weighted by Gasteiger charge is 2.06. The van der Waals surface area contributed by atoms with Crippen LogP contribution in [0.15, 0.2) is 47.6 Å². The van der Waals surface area contributed by atoms with Crippen LogP contribution in [0, 0.1) is 0 Å². The average molecular weight is 299 g/mol. The molecule has 1 amide bonds. The number of rotatable bonds is 4. The molecule has 0 aliphatic rings. The van der Waals surface area contributed by atoms with Gasteiger partial charge in [-0.05, 0) is 42.0 Å². The smallest absolute Gasteiger partial charge is 0.271 e. The fourth-order valence-electron chi connectivity index (χ4n) is 1.78. The number of hydrogen-bond donors (Lipinski definition) is 3. The largest absolute Gasteiger partial charge is 0.504 e. The Bertz CT molecular complexity index is 712. The number of phenols is 2. The molecule has 0 saturated heterocycles. The van der Waals surface area contributed by atoms with Crippen molar-refractivity contribution in [3.05, 3.63) is 53.6 Å². The molecule has 0 fully saturated rings. The second-order valence-corrected chi connectivity index (χ2v) is 4.89. The Hall–Kier alpha value is -3.02. The Labute approximate surface area is 128 Å². The van der Waals surface area contributed by atoms with E-state index in [2.05, 4.69) is 10.5 Å². The molecule has 22 heavy (non-hydrogen) atoms. The Morgan fingerprint density at radius 2 is 1.91 bits per heavy atom. The number of hydrazone groups is 1. The van der Waals surface area contributed by atoms with Crippen molar-refractivity contribution in [2.24, 2.45) is 5.10 Å². The number of phenolic OH excluding ortho intramolecular Hbond substituents is 2. The number of anilines is 1. The van der Waals surface area contributed by atoms with Crippen molar-refractivity contribution in [1.82, 2.24) is 5.43 Å². The molecule has 6 nitrogen and oxygen atoms in total. The number of nitrogens with zero attached hydrogens (tertiary/aromatic N) is 2. The highest BCUT2D eigenvalue weighted by atomic mass is 16.3. The predicted molar refractivity (Wildman–Crippen MR) is 85.6 cm³/mol. The van der Waals surface area contributed by atoms with Crippen LogP contribution in [0.4, 0.5) is 5.69 Å². The van der Waals surface area contributed by atoms with Gasteiger partial charge in [0.2, 0.25) is 0 Å². The van der Waals surface area contributed by atoms with E-state index >= 15 is 0 Å². The summed E-state index contributed by atoms with van der Waals surface area (Å²) in [4.78, 5) is 13.9. The van der Waals surface area contributed by atoms with Gasteiger partial charge < -0.3 is 15.1 Å². The number of hydrogen-bond acceptors (Lipinski definition) is 5. The average Bonchev–Trinajstić information content (AvgIpc) is 2.51. The zero-order valence-electron chi connectivity index (χ0n) is 12.3. The van der Waals surface area contributed by atoms with E-state index in [1.165, 1.54) is 18.3 Å². The van der Waals surface area contributed by atoms with Crippen molar-refractivity contribution >= 4 is 17.8 Å². The van der Waals surface area contributed by atoms with Crippen molar-refractivity contribution in [1.29, 1.82) is 0 Å². The lowest BCUT2D eigenvalue weighted by molar-refractivity contribution is 0.0955. The summed E-state index contributed by atoms with van der Waals surface area (Å²) >= 11 is 0. The van der Waals surface area contributed by atoms with E-state index in [0.29, 0.717) is 11.1 Å². The van der Waals surface area contributed by atoms with Crippen molar-refractivity contribution in [2.75, 3.05) is 19.0 Å². The fraction of sp³-hybridized carbons (Fsp3) is 0.125. The van der Waals surface area contributed by atoms with E-state index in [1.54, 1.807) is 24.3 Å². The first-order valence-corrected chi connectivity index (χ1v) is 6.60. The van der Waals surface area contributed by atoms with Crippen molar-refractivity contribution in [2.45, 2.75) is 0 Å². The zero-order chi connectivity index (χ0) is 16.1. The summed E-state index contributed by atoms with van der Waals surface area (Å²) in [5.74, 6) is -0.779. The number of amides is 1. The standard InChI is InChI=1S/C16H17N3O3/c1-19(2)13-5-3-4-12(9-13)16(22)18-17-10-11-6-7-14(20)15(21)8-11/h3-10,20-21H,1-2H3,(H,18,22)/b17-10+. The maximum Gasteiger partial charge on any atom is 0.271 e. The minimum atomic E-state index is -0.331. The van der Waals surface area contributed by atoms with Crippen molar-refractivity contribution in [3.8, 4) is 11.5 Å². The highest BCUT2D eigenvalue weighted by molar-refractivity contribution is 5.95. The van der Waals surface area contributed by atoms with Crippen LogP contribution in [-0.4, -0.2) is 36.4 Å². The van der Waals surface area contributed by atoms with Gasteiger partial charge in [0.15, 0.2) is 11.5 Å². The lowest BCUT2D eigenvalue weighted by Gasteiger charge is -2.12. The van der Waals surface area contributed by atoms with Crippen LogP contribution in [0.1, 0.15) is 15.9 Å². The zero-order valence-corrected chi connectivity index (χ0v) is 12.3. The molecule has 2 aromatic carbocycles. The molecule has 0 aliphatic heterocycles. The van der Waals surface area contributed by atoms with Gasteiger partial charge in [0, 0.05) is 25.3 Å². The number of aromatic hydroxyl groups is 2. The Morgan fingerprint density at radius 1 is 1.14 bits per heavy atom. The second kappa shape index (κ2) is 6.62. The molecule has 2 aromatic rings.